The van der Waals surface area contributed by atoms with Gasteiger partial charge < -0.3 is 20.3 Å². The van der Waals surface area contributed by atoms with E-state index >= 15 is 0 Å². The van der Waals surface area contributed by atoms with Gasteiger partial charge in [-0.05, 0) is 52.6 Å². The van der Waals surface area contributed by atoms with Crippen molar-refractivity contribution in [3.8, 4) is 0 Å². The average Bonchev–Trinajstić information content (AvgIpc) is 2.70. The van der Waals surface area contributed by atoms with Crippen LogP contribution in [-0.2, 0) is 6.42 Å². The monoisotopic (exact) mass is 267 g/mol. The molecule has 0 amide bonds. The first-order chi connectivity index (χ1) is 9.11. The average molecular weight is 267 g/mol. The van der Waals surface area contributed by atoms with Gasteiger partial charge in [-0.3, -0.25) is 0 Å². The number of hydrogen-bond donors (Lipinski definition) is 3. The van der Waals surface area contributed by atoms with Crippen LogP contribution in [0.3, 0.4) is 0 Å². The summed E-state index contributed by atoms with van der Waals surface area (Å²) in [6.07, 6.45) is 3.95. The molecule has 1 saturated heterocycles. The lowest BCUT2D eigenvalue weighted by molar-refractivity contribution is 0.0173. The standard InChI is InChI=1S/C14H25N3O2/c1-11-13(12(2)19-17-11)5-3-7-15-9-14(18)6-4-8-16-10-14/h15-16,18H,3-10H2,1-2H3. The molecule has 108 valence electrons. The first-order valence-electron chi connectivity index (χ1n) is 7.16. The zero-order valence-corrected chi connectivity index (χ0v) is 12.0. The zero-order chi connectivity index (χ0) is 13.7. The van der Waals surface area contributed by atoms with Gasteiger partial charge in [0.1, 0.15) is 5.76 Å². The Morgan fingerprint density at radius 2 is 2.32 bits per heavy atom. The summed E-state index contributed by atoms with van der Waals surface area (Å²) in [4.78, 5) is 0. The summed E-state index contributed by atoms with van der Waals surface area (Å²) in [5, 5.41) is 20.8. The van der Waals surface area contributed by atoms with Crippen molar-refractivity contribution in [3.63, 3.8) is 0 Å². The highest BCUT2D eigenvalue weighted by atomic mass is 16.5. The Hall–Kier alpha value is -0.910. The van der Waals surface area contributed by atoms with E-state index in [2.05, 4.69) is 15.8 Å². The van der Waals surface area contributed by atoms with Crippen molar-refractivity contribution in [1.29, 1.82) is 0 Å². The highest BCUT2D eigenvalue weighted by Crippen LogP contribution is 2.15. The molecule has 1 aromatic rings. The lowest BCUT2D eigenvalue weighted by atomic mass is 9.94. The normalized spacial score (nSPS) is 23.7. The summed E-state index contributed by atoms with van der Waals surface area (Å²) in [5.41, 5.74) is 1.65. The summed E-state index contributed by atoms with van der Waals surface area (Å²) in [7, 11) is 0. The van der Waals surface area contributed by atoms with Gasteiger partial charge in [-0.25, -0.2) is 0 Å². The minimum absolute atomic E-state index is 0.568. The first kappa shape index (κ1) is 14.5. The second-order valence-corrected chi connectivity index (χ2v) is 5.59. The SMILES string of the molecule is Cc1noc(C)c1CCCNCC1(O)CCCNC1. The van der Waals surface area contributed by atoms with Crippen molar-refractivity contribution >= 4 is 0 Å². The van der Waals surface area contributed by atoms with E-state index in [1.54, 1.807) is 0 Å². The number of aryl methyl sites for hydroxylation is 2. The Morgan fingerprint density at radius 3 is 2.95 bits per heavy atom. The van der Waals surface area contributed by atoms with Crippen LogP contribution in [0.5, 0.6) is 0 Å². The molecule has 0 radical (unpaired) electrons. The second-order valence-electron chi connectivity index (χ2n) is 5.59. The molecule has 0 bridgehead atoms. The molecule has 2 heterocycles. The molecule has 2 rings (SSSR count). The lowest BCUT2D eigenvalue weighted by Crippen LogP contribution is -2.52. The van der Waals surface area contributed by atoms with Crippen molar-refractivity contribution in [2.75, 3.05) is 26.2 Å². The van der Waals surface area contributed by atoms with Gasteiger partial charge >= 0.3 is 0 Å². The van der Waals surface area contributed by atoms with Gasteiger partial charge in [0.25, 0.3) is 0 Å². The Morgan fingerprint density at radius 1 is 1.47 bits per heavy atom. The highest BCUT2D eigenvalue weighted by molar-refractivity contribution is 5.20. The molecule has 19 heavy (non-hydrogen) atoms. The van der Waals surface area contributed by atoms with Crippen LogP contribution in [0.4, 0.5) is 0 Å². The predicted molar refractivity (Wildman–Crippen MR) is 74.2 cm³/mol. The molecule has 0 aromatic carbocycles. The molecule has 1 aliphatic rings. The molecule has 1 aromatic heterocycles. The molecule has 1 aliphatic heterocycles. The molecule has 3 N–H and O–H groups in total. The quantitative estimate of drug-likeness (QED) is 0.669. The summed E-state index contributed by atoms with van der Waals surface area (Å²) in [6.45, 7) is 7.24. The topological polar surface area (TPSA) is 70.3 Å². The summed E-state index contributed by atoms with van der Waals surface area (Å²) >= 11 is 0. The molecular formula is C14H25N3O2. The van der Waals surface area contributed by atoms with Crippen LogP contribution in [0.2, 0.25) is 0 Å². The molecule has 0 aliphatic carbocycles. The number of aliphatic hydroxyl groups is 1. The number of aromatic nitrogens is 1. The maximum atomic E-state index is 10.3. The number of nitrogens with zero attached hydrogens (tertiary/aromatic N) is 1. The van der Waals surface area contributed by atoms with E-state index in [0.29, 0.717) is 13.1 Å². The van der Waals surface area contributed by atoms with E-state index in [0.717, 1.165) is 50.2 Å². The summed E-state index contributed by atoms with van der Waals surface area (Å²) in [6, 6.07) is 0. The predicted octanol–water partition coefficient (Wildman–Crippen LogP) is 0.928. The molecule has 1 fully saturated rings. The van der Waals surface area contributed by atoms with E-state index in [9.17, 15) is 5.11 Å². The number of rotatable bonds is 6. The third kappa shape index (κ3) is 4.03. The fraction of sp³-hybridized carbons (Fsp3) is 0.786. The molecular weight excluding hydrogens is 242 g/mol. The van der Waals surface area contributed by atoms with Crippen LogP contribution >= 0.6 is 0 Å². The Bertz CT molecular complexity index is 378. The van der Waals surface area contributed by atoms with Crippen molar-refractivity contribution in [3.05, 3.63) is 17.0 Å². The van der Waals surface area contributed by atoms with Crippen LogP contribution in [-0.4, -0.2) is 42.0 Å². The highest BCUT2D eigenvalue weighted by Gasteiger charge is 2.28. The third-order valence-electron chi connectivity index (χ3n) is 3.87. The van der Waals surface area contributed by atoms with E-state index < -0.39 is 5.60 Å². The van der Waals surface area contributed by atoms with Gasteiger partial charge in [0.05, 0.1) is 11.3 Å². The van der Waals surface area contributed by atoms with Crippen LogP contribution in [0.15, 0.2) is 4.52 Å². The van der Waals surface area contributed by atoms with E-state index in [1.165, 1.54) is 5.56 Å². The third-order valence-corrected chi connectivity index (χ3v) is 3.87. The molecule has 5 nitrogen and oxygen atoms in total. The van der Waals surface area contributed by atoms with Gasteiger partial charge in [0.2, 0.25) is 0 Å². The molecule has 0 spiro atoms. The Balaban J connectivity index is 1.64. The maximum Gasteiger partial charge on any atom is 0.137 e. The van der Waals surface area contributed by atoms with Crippen LogP contribution in [0.25, 0.3) is 0 Å². The largest absolute Gasteiger partial charge is 0.387 e. The number of β-amino-alcohol motifs (C(OH)–C–C–N with tert-alkyl or cyclic N) is 1. The van der Waals surface area contributed by atoms with Crippen molar-refractivity contribution in [1.82, 2.24) is 15.8 Å². The van der Waals surface area contributed by atoms with Gasteiger partial charge in [0.15, 0.2) is 0 Å². The van der Waals surface area contributed by atoms with E-state index in [1.807, 2.05) is 13.8 Å². The Kier molecular flexibility index (Phi) is 4.96. The number of hydrogen-bond acceptors (Lipinski definition) is 5. The van der Waals surface area contributed by atoms with E-state index in [-0.39, 0.29) is 0 Å². The van der Waals surface area contributed by atoms with E-state index in [4.69, 9.17) is 4.52 Å². The molecule has 1 unspecified atom stereocenters. The van der Waals surface area contributed by atoms with Gasteiger partial charge in [-0.2, -0.15) is 0 Å². The van der Waals surface area contributed by atoms with Gasteiger partial charge in [0, 0.05) is 18.7 Å². The summed E-state index contributed by atoms with van der Waals surface area (Å²) < 4.78 is 5.14. The van der Waals surface area contributed by atoms with Gasteiger partial charge in [-0.1, -0.05) is 5.16 Å². The smallest absolute Gasteiger partial charge is 0.137 e. The van der Waals surface area contributed by atoms with Crippen molar-refractivity contribution < 1.29 is 9.63 Å². The maximum absolute atomic E-state index is 10.3. The Labute approximate surface area is 114 Å². The van der Waals surface area contributed by atoms with Crippen LogP contribution < -0.4 is 10.6 Å². The lowest BCUT2D eigenvalue weighted by Gasteiger charge is -2.32. The van der Waals surface area contributed by atoms with Gasteiger partial charge in [-0.15, -0.1) is 0 Å². The zero-order valence-electron chi connectivity index (χ0n) is 12.0. The van der Waals surface area contributed by atoms with Crippen LogP contribution in [0, 0.1) is 13.8 Å². The number of nitrogens with one attached hydrogen (secondary N) is 2. The first-order valence-corrected chi connectivity index (χ1v) is 7.16. The fourth-order valence-electron chi connectivity index (χ4n) is 2.67. The minimum Gasteiger partial charge on any atom is -0.387 e. The molecule has 5 heteroatoms. The van der Waals surface area contributed by atoms with Crippen molar-refractivity contribution in [2.45, 2.75) is 45.1 Å². The minimum atomic E-state index is -0.568. The second kappa shape index (κ2) is 6.50. The fourth-order valence-corrected chi connectivity index (χ4v) is 2.67. The molecule has 0 saturated carbocycles. The summed E-state index contributed by atoms with van der Waals surface area (Å²) in [5.74, 6) is 0.924. The van der Waals surface area contributed by atoms with Crippen molar-refractivity contribution in [2.24, 2.45) is 0 Å². The number of piperidine rings is 1. The molecule has 1 atom stereocenters. The van der Waals surface area contributed by atoms with Crippen LogP contribution in [0.1, 0.15) is 36.3 Å².